The van der Waals surface area contributed by atoms with E-state index in [0.29, 0.717) is 13.0 Å². The number of carbonyl (C=O) groups is 3. The largest absolute Gasteiger partial charge is 0.466 e. The van der Waals surface area contributed by atoms with E-state index in [9.17, 15) is 14.4 Å². The Balaban J connectivity index is 2.05. The van der Waals surface area contributed by atoms with Crippen LogP contribution in [0.3, 0.4) is 0 Å². The molecule has 0 aromatic heterocycles. The van der Waals surface area contributed by atoms with Crippen molar-refractivity contribution in [1.82, 2.24) is 4.90 Å². The summed E-state index contributed by atoms with van der Waals surface area (Å²) in [6.45, 7) is 7.77. The minimum atomic E-state index is -0.774. The Hall–Kier alpha value is -2.57. The van der Waals surface area contributed by atoms with E-state index in [1.54, 1.807) is 27.7 Å². The van der Waals surface area contributed by atoms with Crippen LogP contribution in [0.2, 0.25) is 0 Å². The topological polar surface area (TPSA) is 82.1 Å². The third kappa shape index (κ3) is 6.25. The van der Waals surface area contributed by atoms with Crippen molar-refractivity contribution in [3.8, 4) is 0 Å². The Kier molecular flexibility index (Phi) is 7.43. The predicted octanol–water partition coefficient (Wildman–Crippen LogP) is 3.17. The number of benzene rings is 1. The number of amides is 1. The summed E-state index contributed by atoms with van der Waals surface area (Å²) in [4.78, 5) is 38.9. The first-order valence-corrected chi connectivity index (χ1v) is 9.56. The molecule has 0 saturated carbocycles. The van der Waals surface area contributed by atoms with E-state index in [-0.39, 0.29) is 19.8 Å². The maximum Gasteiger partial charge on any atom is 0.410 e. The Morgan fingerprint density at radius 1 is 1.04 bits per heavy atom. The van der Waals surface area contributed by atoms with Gasteiger partial charge in [0.2, 0.25) is 0 Å². The number of rotatable bonds is 5. The van der Waals surface area contributed by atoms with Crippen LogP contribution in [0, 0.1) is 11.8 Å². The highest BCUT2D eigenvalue weighted by atomic mass is 16.6. The first-order chi connectivity index (χ1) is 13.2. The summed E-state index contributed by atoms with van der Waals surface area (Å²) in [5, 5.41) is 0. The fourth-order valence-corrected chi connectivity index (χ4v) is 3.05. The molecule has 7 nitrogen and oxygen atoms in total. The van der Waals surface area contributed by atoms with Gasteiger partial charge in [-0.15, -0.1) is 0 Å². The van der Waals surface area contributed by atoms with Crippen molar-refractivity contribution in [1.29, 1.82) is 0 Å². The Morgan fingerprint density at radius 2 is 1.68 bits per heavy atom. The highest BCUT2D eigenvalue weighted by Gasteiger charge is 2.42. The highest BCUT2D eigenvalue weighted by molar-refractivity contribution is 5.83. The molecule has 0 radical (unpaired) electrons. The zero-order chi connectivity index (χ0) is 20.7. The normalized spacial score (nSPS) is 19.6. The van der Waals surface area contributed by atoms with E-state index in [0.717, 1.165) is 5.56 Å². The molecule has 0 N–H and O–H groups in total. The number of ether oxygens (including phenoxy) is 3. The molecule has 2 rings (SSSR count). The molecule has 0 aliphatic carbocycles. The van der Waals surface area contributed by atoms with Crippen LogP contribution >= 0.6 is 0 Å². The molecule has 1 aliphatic rings. The SMILES string of the molecule is CCOC(=O)[C@H]1CN(C(=O)OC(C)(C)C)CC[C@H]1C(=O)OCc1ccccc1. The maximum atomic E-state index is 12.6. The lowest BCUT2D eigenvalue weighted by atomic mass is 9.85. The van der Waals surface area contributed by atoms with Gasteiger partial charge in [-0.1, -0.05) is 30.3 Å². The van der Waals surface area contributed by atoms with Crippen LogP contribution in [-0.4, -0.2) is 48.2 Å². The predicted molar refractivity (Wildman–Crippen MR) is 102 cm³/mol. The molecule has 28 heavy (non-hydrogen) atoms. The summed E-state index contributed by atoms with van der Waals surface area (Å²) in [5.41, 5.74) is 0.233. The number of esters is 2. The molecule has 2 atom stereocenters. The van der Waals surface area contributed by atoms with Crippen LogP contribution in [-0.2, 0) is 30.4 Å². The Bertz CT molecular complexity index is 682. The summed E-state index contributed by atoms with van der Waals surface area (Å²) in [6, 6.07) is 9.34. The Labute approximate surface area is 165 Å². The molecular formula is C21H29NO6. The molecule has 0 spiro atoms. The number of carbonyl (C=O) groups excluding carboxylic acids is 3. The summed E-state index contributed by atoms with van der Waals surface area (Å²) in [6.07, 6.45) is -0.186. The third-order valence-electron chi connectivity index (χ3n) is 4.38. The van der Waals surface area contributed by atoms with E-state index in [2.05, 4.69) is 0 Å². The van der Waals surface area contributed by atoms with Crippen LogP contribution in [0.25, 0.3) is 0 Å². The van der Waals surface area contributed by atoms with Crippen LogP contribution < -0.4 is 0 Å². The second-order valence-corrected chi connectivity index (χ2v) is 7.77. The van der Waals surface area contributed by atoms with Crippen molar-refractivity contribution in [3.05, 3.63) is 35.9 Å². The molecule has 7 heteroatoms. The third-order valence-corrected chi connectivity index (χ3v) is 4.38. The minimum absolute atomic E-state index is 0.0683. The van der Waals surface area contributed by atoms with Gasteiger partial charge in [-0.05, 0) is 39.7 Å². The number of piperidine rings is 1. The van der Waals surface area contributed by atoms with Gasteiger partial charge in [0.25, 0.3) is 0 Å². The van der Waals surface area contributed by atoms with Crippen LogP contribution in [0.15, 0.2) is 30.3 Å². The standard InChI is InChI=1S/C21H29NO6/c1-5-26-19(24)17-13-22(20(25)28-21(2,3)4)12-11-16(17)18(23)27-14-15-9-7-6-8-10-15/h6-10,16-17H,5,11-14H2,1-4H3/t16-,17+/m1/s1. The van der Waals surface area contributed by atoms with Gasteiger partial charge < -0.3 is 19.1 Å². The average Bonchev–Trinajstić information content (AvgIpc) is 2.65. The molecule has 0 bridgehead atoms. The quantitative estimate of drug-likeness (QED) is 0.566. The summed E-state index contributed by atoms with van der Waals surface area (Å²) < 4.78 is 15.9. The fourth-order valence-electron chi connectivity index (χ4n) is 3.05. The van der Waals surface area contributed by atoms with Crippen molar-refractivity contribution < 1.29 is 28.6 Å². The van der Waals surface area contributed by atoms with Gasteiger partial charge in [-0.2, -0.15) is 0 Å². The van der Waals surface area contributed by atoms with Gasteiger partial charge in [0, 0.05) is 13.1 Å². The summed E-state index contributed by atoms with van der Waals surface area (Å²) in [5.74, 6) is -2.38. The van der Waals surface area contributed by atoms with Gasteiger partial charge >= 0.3 is 18.0 Å². The minimum Gasteiger partial charge on any atom is -0.466 e. The van der Waals surface area contributed by atoms with Crippen molar-refractivity contribution in [2.24, 2.45) is 11.8 Å². The van der Waals surface area contributed by atoms with Gasteiger partial charge in [-0.3, -0.25) is 9.59 Å². The molecule has 0 unspecified atom stereocenters. The molecule has 154 valence electrons. The van der Waals surface area contributed by atoms with E-state index >= 15 is 0 Å². The van der Waals surface area contributed by atoms with E-state index in [1.165, 1.54) is 4.90 Å². The molecule has 1 saturated heterocycles. The second kappa shape index (κ2) is 9.57. The monoisotopic (exact) mass is 391 g/mol. The van der Waals surface area contributed by atoms with Crippen LogP contribution in [0.5, 0.6) is 0 Å². The molecule has 1 amide bonds. The first kappa shape index (κ1) is 21.7. The summed E-state index contributed by atoms with van der Waals surface area (Å²) in [7, 11) is 0. The lowest BCUT2D eigenvalue weighted by Gasteiger charge is -2.36. The van der Waals surface area contributed by atoms with Crippen molar-refractivity contribution >= 4 is 18.0 Å². The average molecular weight is 391 g/mol. The molecular weight excluding hydrogens is 362 g/mol. The number of nitrogens with zero attached hydrogens (tertiary/aromatic N) is 1. The van der Waals surface area contributed by atoms with Crippen molar-refractivity contribution in [3.63, 3.8) is 0 Å². The van der Waals surface area contributed by atoms with Gasteiger partial charge in [0.1, 0.15) is 12.2 Å². The highest BCUT2D eigenvalue weighted by Crippen LogP contribution is 2.28. The number of hydrogen-bond donors (Lipinski definition) is 0. The molecule has 1 heterocycles. The zero-order valence-electron chi connectivity index (χ0n) is 17.0. The van der Waals surface area contributed by atoms with Crippen LogP contribution in [0.1, 0.15) is 39.7 Å². The van der Waals surface area contributed by atoms with Crippen molar-refractivity contribution in [2.45, 2.75) is 46.3 Å². The Morgan fingerprint density at radius 3 is 2.29 bits per heavy atom. The van der Waals surface area contributed by atoms with E-state index in [1.807, 2.05) is 30.3 Å². The fraction of sp³-hybridized carbons (Fsp3) is 0.571. The zero-order valence-corrected chi connectivity index (χ0v) is 17.0. The van der Waals surface area contributed by atoms with Gasteiger partial charge in [-0.25, -0.2) is 4.79 Å². The lowest BCUT2D eigenvalue weighted by molar-refractivity contribution is -0.164. The second-order valence-electron chi connectivity index (χ2n) is 7.77. The number of likely N-dealkylation sites (tertiary alicyclic amines) is 1. The lowest BCUT2D eigenvalue weighted by Crippen LogP contribution is -2.50. The maximum absolute atomic E-state index is 12.6. The van der Waals surface area contributed by atoms with Crippen molar-refractivity contribution in [2.75, 3.05) is 19.7 Å². The van der Waals surface area contributed by atoms with E-state index in [4.69, 9.17) is 14.2 Å². The molecule has 1 aromatic carbocycles. The molecule has 1 aromatic rings. The van der Waals surface area contributed by atoms with E-state index < -0.39 is 35.5 Å². The number of hydrogen-bond acceptors (Lipinski definition) is 6. The molecule has 1 fully saturated rings. The molecule has 1 aliphatic heterocycles. The van der Waals surface area contributed by atoms with Crippen LogP contribution in [0.4, 0.5) is 4.79 Å². The smallest absolute Gasteiger partial charge is 0.410 e. The first-order valence-electron chi connectivity index (χ1n) is 9.56. The summed E-state index contributed by atoms with van der Waals surface area (Å²) >= 11 is 0. The van der Waals surface area contributed by atoms with Gasteiger partial charge in [0.15, 0.2) is 0 Å². The van der Waals surface area contributed by atoms with Gasteiger partial charge in [0.05, 0.1) is 18.4 Å².